The summed E-state index contributed by atoms with van der Waals surface area (Å²) in [6.45, 7) is 6.93. The summed E-state index contributed by atoms with van der Waals surface area (Å²) in [5, 5.41) is 10.8. The zero-order chi connectivity index (χ0) is 11.3. The van der Waals surface area contributed by atoms with Crippen molar-refractivity contribution >= 4 is 15.9 Å². The second-order valence-electron chi connectivity index (χ2n) is 6.54. The Morgan fingerprint density at radius 3 is 2.47 bits per heavy atom. The van der Waals surface area contributed by atoms with Gasteiger partial charge in [0.05, 0.1) is 5.60 Å². The maximum absolute atomic E-state index is 10.8. The van der Waals surface area contributed by atoms with Crippen molar-refractivity contribution < 1.29 is 5.11 Å². The van der Waals surface area contributed by atoms with Gasteiger partial charge >= 0.3 is 0 Å². The van der Waals surface area contributed by atoms with Crippen LogP contribution in [0.4, 0.5) is 0 Å². The number of rotatable bonds is 0. The highest BCUT2D eigenvalue weighted by molar-refractivity contribution is 9.09. The summed E-state index contributed by atoms with van der Waals surface area (Å²) in [5.41, 5.74) is -0.102. The van der Waals surface area contributed by atoms with Crippen LogP contribution in [0.3, 0.4) is 0 Å². The van der Waals surface area contributed by atoms with Crippen LogP contribution in [0.25, 0.3) is 0 Å². The van der Waals surface area contributed by atoms with Crippen LogP contribution in [0.2, 0.25) is 0 Å². The Morgan fingerprint density at radius 2 is 1.80 bits per heavy atom. The van der Waals surface area contributed by atoms with Gasteiger partial charge in [0.2, 0.25) is 0 Å². The highest BCUT2D eigenvalue weighted by atomic mass is 79.9. The Bertz CT molecular complexity index is 247. The zero-order valence-electron chi connectivity index (χ0n) is 10.1. The van der Waals surface area contributed by atoms with Gasteiger partial charge in [-0.15, -0.1) is 0 Å². The Balaban J connectivity index is 2.25. The molecule has 2 rings (SSSR count). The van der Waals surface area contributed by atoms with Crippen molar-refractivity contribution in [3.05, 3.63) is 0 Å². The minimum Gasteiger partial charge on any atom is -0.390 e. The van der Waals surface area contributed by atoms with Crippen molar-refractivity contribution in [1.29, 1.82) is 0 Å². The fourth-order valence-electron chi connectivity index (χ4n) is 4.08. The molecule has 0 aromatic carbocycles. The monoisotopic (exact) mass is 274 g/mol. The molecular formula is C13H23BrO. The quantitative estimate of drug-likeness (QED) is 0.668. The molecule has 0 heterocycles. The molecule has 15 heavy (non-hydrogen) atoms. The van der Waals surface area contributed by atoms with Gasteiger partial charge in [-0.25, -0.2) is 0 Å². The van der Waals surface area contributed by atoms with Gasteiger partial charge in [0.25, 0.3) is 0 Å². The molecule has 0 aromatic rings. The summed E-state index contributed by atoms with van der Waals surface area (Å²) < 4.78 is 0. The Kier molecular flexibility index (Phi) is 2.96. The second-order valence-corrected chi connectivity index (χ2v) is 7.83. The Labute approximate surface area is 102 Å². The van der Waals surface area contributed by atoms with E-state index in [1.54, 1.807) is 0 Å². The molecule has 0 aliphatic heterocycles. The van der Waals surface area contributed by atoms with Crippen LogP contribution in [0.1, 0.15) is 52.9 Å². The van der Waals surface area contributed by atoms with E-state index in [1.165, 1.54) is 19.3 Å². The molecule has 2 aliphatic rings. The summed E-state index contributed by atoms with van der Waals surface area (Å²) >= 11 is 3.72. The first kappa shape index (κ1) is 11.9. The number of alkyl halides is 1. The average molecular weight is 275 g/mol. The van der Waals surface area contributed by atoms with Gasteiger partial charge in [0.15, 0.2) is 0 Å². The molecule has 0 aromatic heterocycles. The first-order valence-corrected chi connectivity index (χ1v) is 7.11. The minimum atomic E-state index is -0.395. The number of halogens is 1. The zero-order valence-corrected chi connectivity index (χ0v) is 11.7. The SMILES string of the molecule is C[C@@H]1CC[C@H]2C(C)(C)C[C@@H](Br)C[C@]2(O)C1. The highest BCUT2D eigenvalue weighted by Crippen LogP contribution is 2.55. The highest BCUT2D eigenvalue weighted by Gasteiger charge is 2.52. The molecule has 1 nitrogen and oxygen atoms in total. The van der Waals surface area contributed by atoms with E-state index in [1.807, 2.05) is 0 Å². The van der Waals surface area contributed by atoms with Gasteiger partial charge in [-0.05, 0) is 42.9 Å². The summed E-state index contributed by atoms with van der Waals surface area (Å²) in [7, 11) is 0. The number of fused-ring (bicyclic) bond motifs is 1. The smallest absolute Gasteiger partial charge is 0.0694 e. The van der Waals surface area contributed by atoms with Crippen LogP contribution in [-0.2, 0) is 0 Å². The van der Waals surface area contributed by atoms with Crippen molar-refractivity contribution in [2.75, 3.05) is 0 Å². The maximum Gasteiger partial charge on any atom is 0.0694 e. The molecule has 0 spiro atoms. The van der Waals surface area contributed by atoms with Gasteiger partial charge < -0.3 is 5.11 Å². The molecule has 4 atom stereocenters. The minimum absolute atomic E-state index is 0.293. The predicted octanol–water partition coefficient (Wildman–Crippen LogP) is 3.74. The summed E-state index contributed by atoms with van der Waals surface area (Å²) in [5.74, 6) is 1.20. The van der Waals surface area contributed by atoms with E-state index in [0.29, 0.717) is 22.1 Å². The number of hydrogen-bond acceptors (Lipinski definition) is 1. The molecule has 2 aliphatic carbocycles. The molecule has 2 fully saturated rings. The third kappa shape index (κ3) is 2.12. The fourth-order valence-corrected chi connectivity index (χ4v) is 5.48. The van der Waals surface area contributed by atoms with Gasteiger partial charge in [-0.1, -0.05) is 43.1 Å². The maximum atomic E-state index is 10.8. The number of aliphatic hydroxyl groups is 1. The van der Waals surface area contributed by atoms with E-state index in [2.05, 4.69) is 36.7 Å². The fraction of sp³-hybridized carbons (Fsp3) is 1.00. The standard InChI is InChI=1S/C13H23BrO/c1-9-4-5-11-12(2,3)7-10(14)8-13(11,15)6-9/h9-11,15H,4-8H2,1-3H3/t9-,10-,11+,13-/m1/s1. The van der Waals surface area contributed by atoms with Crippen molar-refractivity contribution in [2.45, 2.75) is 63.3 Å². The lowest BCUT2D eigenvalue weighted by molar-refractivity contribution is -0.133. The topological polar surface area (TPSA) is 20.2 Å². The van der Waals surface area contributed by atoms with Crippen LogP contribution < -0.4 is 0 Å². The molecule has 0 amide bonds. The molecule has 0 radical (unpaired) electrons. The molecule has 88 valence electrons. The van der Waals surface area contributed by atoms with Gasteiger partial charge in [0, 0.05) is 4.83 Å². The van der Waals surface area contributed by atoms with Crippen LogP contribution in [0.5, 0.6) is 0 Å². The van der Waals surface area contributed by atoms with Crippen molar-refractivity contribution in [1.82, 2.24) is 0 Å². The van der Waals surface area contributed by atoms with E-state index in [0.717, 1.165) is 12.8 Å². The molecule has 1 N–H and O–H groups in total. The van der Waals surface area contributed by atoms with E-state index >= 15 is 0 Å². The van der Waals surface area contributed by atoms with Crippen molar-refractivity contribution in [3.63, 3.8) is 0 Å². The van der Waals surface area contributed by atoms with Crippen LogP contribution in [-0.4, -0.2) is 15.5 Å². The first-order chi connectivity index (χ1) is 6.83. The summed E-state index contributed by atoms with van der Waals surface area (Å²) in [6.07, 6.45) is 5.66. The average Bonchev–Trinajstić information content (AvgIpc) is 1.97. The van der Waals surface area contributed by atoms with Gasteiger partial charge in [-0.2, -0.15) is 0 Å². The third-order valence-corrected chi connectivity index (χ3v) is 5.21. The summed E-state index contributed by atoms with van der Waals surface area (Å²) in [6, 6.07) is 0. The largest absolute Gasteiger partial charge is 0.390 e. The van der Waals surface area contributed by atoms with Gasteiger partial charge in [-0.3, -0.25) is 0 Å². The second kappa shape index (κ2) is 3.73. The Morgan fingerprint density at radius 1 is 1.13 bits per heavy atom. The lowest BCUT2D eigenvalue weighted by Crippen LogP contribution is -2.54. The molecule has 0 bridgehead atoms. The molecule has 2 saturated carbocycles. The van der Waals surface area contributed by atoms with Crippen LogP contribution >= 0.6 is 15.9 Å². The molecular weight excluding hydrogens is 252 g/mol. The lowest BCUT2D eigenvalue weighted by atomic mass is 9.55. The third-order valence-electron chi connectivity index (χ3n) is 4.56. The predicted molar refractivity (Wildman–Crippen MR) is 67.2 cm³/mol. The van der Waals surface area contributed by atoms with Gasteiger partial charge in [0.1, 0.15) is 0 Å². The Hall–Kier alpha value is 0.440. The van der Waals surface area contributed by atoms with E-state index in [-0.39, 0.29) is 0 Å². The normalized spacial score (nSPS) is 49.8. The van der Waals surface area contributed by atoms with E-state index < -0.39 is 5.60 Å². The molecule has 2 heteroatoms. The van der Waals surface area contributed by atoms with Crippen LogP contribution in [0.15, 0.2) is 0 Å². The van der Waals surface area contributed by atoms with Crippen molar-refractivity contribution in [3.8, 4) is 0 Å². The molecule has 0 unspecified atom stereocenters. The molecule has 0 saturated heterocycles. The number of hydrogen-bond donors (Lipinski definition) is 1. The lowest BCUT2D eigenvalue weighted by Gasteiger charge is -2.55. The van der Waals surface area contributed by atoms with E-state index in [9.17, 15) is 5.11 Å². The first-order valence-electron chi connectivity index (χ1n) is 6.20. The van der Waals surface area contributed by atoms with Crippen molar-refractivity contribution in [2.24, 2.45) is 17.3 Å². The summed E-state index contributed by atoms with van der Waals surface area (Å²) in [4.78, 5) is 0.499. The van der Waals surface area contributed by atoms with Crippen LogP contribution in [0, 0.1) is 17.3 Å². The van der Waals surface area contributed by atoms with E-state index in [4.69, 9.17) is 0 Å².